The van der Waals surface area contributed by atoms with Gasteiger partial charge in [0.15, 0.2) is 0 Å². The lowest BCUT2D eigenvalue weighted by molar-refractivity contribution is 1.09. The molecule has 0 atom stereocenters. The predicted molar refractivity (Wildman–Crippen MR) is 55.9 cm³/mol. The zero-order valence-corrected chi connectivity index (χ0v) is 8.23. The maximum Gasteiger partial charge on any atom is 0.0849 e. The molecule has 0 fully saturated rings. The van der Waals surface area contributed by atoms with Gasteiger partial charge in [-0.05, 0) is 13.0 Å². The van der Waals surface area contributed by atoms with Gasteiger partial charge >= 0.3 is 0 Å². The Labute approximate surface area is 83.3 Å². The Bertz CT molecular complexity index is 328. The van der Waals surface area contributed by atoms with E-state index in [1.807, 2.05) is 13.0 Å². The fraction of sp³-hybridized carbons (Fsp3) is 0.300. The number of halogens is 1. The lowest BCUT2D eigenvalue weighted by atomic mass is 10.3. The molecule has 1 rings (SSSR count). The maximum absolute atomic E-state index is 6.00. The summed E-state index contributed by atoms with van der Waals surface area (Å²) < 4.78 is 0. The van der Waals surface area contributed by atoms with Crippen LogP contribution in [0.2, 0.25) is 5.02 Å². The van der Waals surface area contributed by atoms with Gasteiger partial charge in [0, 0.05) is 19.2 Å². The molecule has 0 spiro atoms. The van der Waals surface area contributed by atoms with E-state index in [1.165, 1.54) is 0 Å². The molecule has 1 aromatic rings. The first-order valence-electron chi connectivity index (χ1n) is 4.04. The minimum absolute atomic E-state index is 0.666. The number of terminal acetylenes is 1. The number of rotatable bonds is 3. The molecule has 1 heterocycles. The average molecular weight is 195 g/mol. The van der Waals surface area contributed by atoms with Crippen molar-refractivity contribution in [3.63, 3.8) is 0 Å². The van der Waals surface area contributed by atoms with E-state index in [1.54, 1.807) is 6.20 Å². The maximum atomic E-state index is 6.00. The molecule has 1 N–H and O–H groups in total. The van der Waals surface area contributed by atoms with Gasteiger partial charge in [0.25, 0.3) is 0 Å². The van der Waals surface area contributed by atoms with Crippen molar-refractivity contribution in [2.45, 2.75) is 13.3 Å². The number of nitrogens with one attached hydrogen (secondary N) is 1. The Morgan fingerprint density at radius 3 is 3.15 bits per heavy atom. The molecule has 0 aliphatic heterocycles. The monoisotopic (exact) mass is 194 g/mol. The van der Waals surface area contributed by atoms with Crippen LogP contribution in [0.1, 0.15) is 12.1 Å². The number of hydrogen-bond donors (Lipinski definition) is 1. The molecule has 0 aliphatic rings. The molecule has 0 radical (unpaired) electrons. The van der Waals surface area contributed by atoms with E-state index in [2.05, 4.69) is 16.2 Å². The van der Waals surface area contributed by atoms with Gasteiger partial charge in [0.2, 0.25) is 0 Å². The van der Waals surface area contributed by atoms with Crippen molar-refractivity contribution in [1.82, 2.24) is 4.98 Å². The van der Waals surface area contributed by atoms with E-state index in [0.717, 1.165) is 17.9 Å². The van der Waals surface area contributed by atoms with E-state index in [0.29, 0.717) is 11.4 Å². The van der Waals surface area contributed by atoms with Crippen LogP contribution in [0.3, 0.4) is 0 Å². The summed E-state index contributed by atoms with van der Waals surface area (Å²) in [5.74, 6) is 2.55. The molecular weight excluding hydrogens is 184 g/mol. The first-order chi connectivity index (χ1) is 6.25. The van der Waals surface area contributed by atoms with Crippen LogP contribution in [0.25, 0.3) is 0 Å². The van der Waals surface area contributed by atoms with Crippen LogP contribution in [0.5, 0.6) is 0 Å². The van der Waals surface area contributed by atoms with Crippen molar-refractivity contribution in [2.24, 2.45) is 0 Å². The molecule has 0 unspecified atom stereocenters. The topological polar surface area (TPSA) is 24.9 Å². The molecule has 13 heavy (non-hydrogen) atoms. The smallest absolute Gasteiger partial charge is 0.0849 e. The van der Waals surface area contributed by atoms with Crippen LogP contribution in [-0.2, 0) is 0 Å². The number of aromatic nitrogens is 1. The minimum atomic E-state index is 0.666. The summed E-state index contributed by atoms with van der Waals surface area (Å²) in [5.41, 5.74) is 1.72. The highest BCUT2D eigenvalue weighted by Crippen LogP contribution is 2.22. The quantitative estimate of drug-likeness (QED) is 0.591. The van der Waals surface area contributed by atoms with Crippen molar-refractivity contribution in [3.05, 3.63) is 23.0 Å². The molecule has 0 aliphatic carbocycles. The summed E-state index contributed by atoms with van der Waals surface area (Å²) in [5, 5.41) is 3.81. The Kier molecular flexibility index (Phi) is 3.60. The summed E-state index contributed by atoms with van der Waals surface area (Å²) in [6.45, 7) is 2.61. The second-order valence-electron chi connectivity index (χ2n) is 2.64. The Balaban J connectivity index is 2.67. The molecular formula is C10H11ClN2. The molecule has 1 aromatic heterocycles. The summed E-state index contributed by atoms with van der Waals surface area (Å²) in [6, 6.07) is 1.84. The third kappa shape index (κ3) is 2.64. The van der Waals surface area contributed by atoms with Crippen LogP contribution in [0, 0.1) is 19.3 Å². The third-order valence-corrected chi connectivity index (χ3v) is 2.13. The zero-order valence-electron chi connectivity index (χ0n) is 7.47. The van der Waals surface area contributed by atoms with Crippen molar-refractivity contribution in [3.8, 4) is 12.3 Å². The molecule has 2 nitrogen and oxygen atoms in total. The third-order valence-electron chi connectivity index (χ3n) is 1.65. The summed E-state index contributed by atoms with van der Waals surface area (Å²) in [7, 11) is 0. The largest absolute Gasteiger partial charge is 0.383 e. The molecule has 0 amide bonds. The Morgan fingerprint density at radius 2 is 2.46 bits per heavy atom. The number of aryl methyl sites for hydroxylation is 1. The van der Waals surface area contributed by atoms with Gasteiger partial charge in [-0.2, -0.15) is 0 Å². The van der Waals surface area contributed by atoms with Crippen LogP contribution < -0.4 is 5.32 Å². The van der Waals surface area contributed by atoms with E-state index >= 15 is 0 Å². The number of anilines is 1. The summed E-state index contributed by atoms with van der Waals surface area (Å²) >= 11 is 6.00. The highest BCUT2D eigenvalue weighted by atomic mass is 35.5. The SMILES string of the molecule is C#CCCNc1ccnc(C)c1Cl. The molecule has 68 valence electrons. The number of nitrogens with zero attached hydrogens (tertiary/aromatic N) is 1. The Morgan fingerprint density at radius 1 is 1.69 bits per heavy atom. The first-order valence-corrected chi connectivity index (χ1v) is 4.42. The fourth-order valence-corrected chi connectivity index (χ4v) is 1.13. The summed E-state index contributed by atoms with van der Waals surface area (Å²) in [4.78, 5) is 4.06. The van der Waals surface area contributed by atoms with Crippen molar-refractivity contribution >= 4 is 17.3 Å². The second kappa shape index (κ2) is 4.74. The van der Waals surface area contributed by atoms with Gasteiger partial charge in [-0.15, -0.1) is 12.3 Å². The molecule has 0 aromatic carbocycles. The zero-order chi connectivity index (χ0) is 9.68. The van der Waals surface area contributed by atoms with Crippen molar-refractivity contribution < 1.29 is 0 Å². The van der Waals surface area contributed by atoms with Gasteiger partial charge in [-0.25, -0.2) is 0 Å². The lowest BCUT2D eigenvalue weighted by Gasteiger charge is -2.07. The fourth-order valence-electron chi connectivity index (χ4n) is 0.954. The molecule has 0 saturated heterocycles. The van der Waals surface area contributed by atoms with Gasteiger partial charge in [0.1, 0.15) is 0 Å². The van der Waals surface area contributed by atoms with Crippen LogP contribution in [-0.4, -0.2) is 11.5 Å². The highest BCUT2D eigenvalue weighted by molar-refractivity contribution is 6.33. The van der Waals surface area contributed by atoms with Crippen molar-refractivity contribution in [2.75, 3.05) is 11.9 Å². The molecule has 0 bridgehead atoms. The van der Waals surface area contributed by atoms with E-state index in [9.17, 15) is 0 Å². The van der Waals surface area contributed by atoms with E-state index in [-0.39, 0.29) is 0 Å². The van der Waals surface area contributed by atoms with Gasteiger partial charge in [-0.3, -0.25) is 4.98 Å². The van der Waals surface area contributed by atoms with E-state index in [4.69, 9.17) is 18.0 Å². The first kappa shape index (κ1) is 9.88. The summed E-state index contributed by atoms with van der Waals surface area (Å²) in [6.07, 6.45) is 7.54. The van der Waals surface area contributed by atoms with Crippen LogP contribution >= 0.6 is 11.6 Å². The number of pyridine rings is 1. The molecule has 0 saturated carbocycles. The van der Waals surface area contributed by atoms with Crippen molar-refractivity contribution in [1.29, 1.82) is 0 Å². The number of hydrogen-bond acceptors (Lipinski definition) is 2. The predicted octanol–water partition coefficient (Wildman–Crippen LogP) is 2.48. The van der Waals surface area contributed by atoms with Crippen LogP contribution in [0.15, 0.2) is 12.3 Å². The second-order valence-corrected chi connectivity index (χ2v) is 3.02. The van der Waals surface area contributed by atoms with E-state index < -0.39 is 0 Å². The highest BCUT2D eigenvalue weighted by Gasteiger charge is 2.01. The average Bonchev–Trinajstić information content (AvgIpc) is 2.13. The van der Waals surface area contributed by atoms with Gasteiger partial charge in [-0.1, -0.05) is 11.6 Å². The van der Waals surface area contributed by atoms with Crippen LogP contribution in [0.4, 0.5) is 5.69 Å². The lowest BCUT2D eigenvalue weighted by Crippen LogP contribution is -2.01. The normalized spacial score (nSPS) is 9.31. The van der Waals surface area contributed by atoms with Gasteiger partial charge in [0.05, 0.1) is 16.4 Å². The Hall–Kier alpha value is -1.20. The standard InChI is InChI=1S/C10H11ClN2/c1-3-4-6-13-9-5-7-12-8(2)10(9)11/h1,5,7H,4,6H2,2H3,(H,12,13). The molecule has 3 heteroatoms. The van der Waals surface area contributed by atoms with Gasteiger partial charge < -0.3 is 5.32 Å². The minimum Gasteiger partial charge on any atom is -0.383 e.